The van der Waals surface area contributed by atoms with Gasteiger partial charge in [-0.25, -0.2) is 13.4 Å². The number of benzene rings is 3. The number of anilines is 1. The number of fused-ring (bicyclic) bond motifs is 1. The molecule has 1 heterocycles. The van der Waals surface area contributed by atoms with Gasteiger partial charge < -0.3 is 5.32 Å². The van der Waals surface area contributed by atoms with Crippen molar-refractivity contribution in [1.29, 1.82) is 0 Å². The van der Waals surface area contributed by atoms with Gasteiger partial charge in [-0.15, -0.1) is 0 Å². The molecule has 4 rings (SSSR count). The molecule has 1 aromatic heterocycles. The first kappa shape index (κ1) is 24.5. The lowest BCUT2D eigenvalue weighted by molar-refractivity contribution is -0.118. The van der Waals surface area contributed by atoms with Gasteiger partial charge in [-0.3, -0.25) is 9.78 Å². The second-order valence-electron chi connectivity index (χ2n) is 8.61. The number of hydrogen-bond acceptors (Lipinski definition) is 5. The van der Waals surface area contributed by atoms with E-state index in [1.165, 1.54) is 12.1 Å². The molecule has 35 heavy (non-hydrogen) atoms. The Morgan fingerprint density at radius 2 is 1.63 bits per heavy atom. The zero-order valence-corrected chi connectivity index (χ0v) is 20.7. The monoisotopic (exact) mass is 488 g/mol. The first-order valence-electron chi connectivity index (χ1n) is 11.5. The van der Waals surface area contributed by atoms with Gasteiger partial charge in [0.1, 0.15) is 6.04 Å². The third kappa shape index (κ3) is 5.55. The van der Waals surface area contributed by atoms with Crippen LogP contribution in [0.2, 0.25) is 0 Å². The van der Waals surface area contributed by atoms with Crippen LogP contribution in [0.1, 0.15) is 26.3 Å². The number of carbonyl (C=O) groups excluding carboxylic acids is 1. The van der Waals surface area contributed by atoms with Crippen molar-refractivity contribution in [1.82, 2.24) is 14.7 Å². The van der Waals surface area contributed by atoms with Crippen molar-refractivity contribution in [3.8, 4) is 11.3 Å². The minimum Gasteiger partial charge on any atom is -0.324 e. The highest BCUT2D eigenvalue weighted by Gasteiger charge is 2.28. The smallest absolute Gasteiger partial charge is 0.242 e. The summed E-state index contributed by atoms with van der Waals surface area (Å²) in [5.74, 6) is -0.691. The second kappa shape index (κ2) is 10.3. The molecule has 0 saturated carbocycles. The quantitative estimate of drug-likeness (QED) is 0.371. The van der Waals surface area contributed by atoms with Crippen molar-refractivity contribution in [2.45, 2.75) is 38.1 Å². The minimum absolute atomic E-state index is 0.115. The molecule has 0 unspecified atom stereocenters. The zero-order chi connectivity index (χ0) is 25.0. The fourth-order valence-electron chi connectivity index (χ4n) is 3.79. The Hall–Kier alpha value is -3.62. The number of hydrogen-bond donors (Lipinski definition) is 2. The minimum atomic E-state index is -3.86. The van der Waals surface area contributed by atoms with E-state index in [4.69, 9.17) is 4.98 Å². The van der Waals surface area contributed by atoms with Crippen LogP contribution < -0.4 is 10.0 Å². The predicted octanol–water partition coefficient (Wildman–Crippen LogP) is 4.80. The van der Waals surface area contributed by atoms with Gasteiger partial charge in [-0.05, 0) is 48.2 Å². The molecule has 4 aromatic rings. The van der Waals surface area contributed by atoms with Crippen LogP contribution in [-0.2, 0) is 21.2 Å². The molecular formula is C27H28N4O3S. The number of amides is 1. The molecule has 0 saturated heterocycles. The van der Waals surface area contributed by atoms with Crippen molar-refractivity contribution in [2.75, 3.05) is 5.32 Å². The van der Waals surface area contributed by atoms with E-state index in [9.17, 15) is 13.2 Å². The van der Waals surface area contributed by atoms with Crippen molar-refractivity contribution in [2.24, 2.45) is 5.92 Å². The number of aromatic nitrogens is 2. The summed E-state index contributed by atoms with van der Waals surface area (Å²) >= 11 is 0. The first-order valence-corrected chi connectivity index (χ1v) is 13.0. The Kier molecular flexibility index (Phi) is 7.23. The Labute approximate surface area is 205 Å². The molecule has 0 aliphatic carbocycles. The van der Waals surface area contributed by atoms with Crippen LogP contribution in [0.4, 0.5) is 5.69 Å². The predicted molar refractivity (Wildman–Crippen MR) is 138 cm³/mol. The van der Waals surface area contributed by atoms with Crippen molar-refractivity contribution >= 4 is 32.7 Å². The number of aryl methyl sites for hydroxylation is 1. The summed E-state index contributed by atoms with van der Waals surface area (Å²) in [5.41, 5.74) is 4.64. The average molecular weight is 489 g/mol. The summed E-state index contributed by atoms with van der Waals surface area (Å²) in [7, 11) is -3.86. The Bertz CT molecular complexity index is 1450. The first-order chi connectivity index (χ1) is 16.8. The summed E-state index contributed by atoms with van der Waals surface area (Å²) in [6.45, 7) is 5.61. The average Bonchev–Trinajstić information content (AvgIpc) is 2.87. The van der Waals surface area contributed by atoms with Crippen molar-refractivity contribution in [3.05, 3.63) is 84.6 Å². The molecule has 0 aliphatic heterocycles. The maximum absolute atomic E-state index is 13.3. The summed E-state index contributed by atoms with van der Waals surface area (Å²) in [6, 6.07) is 20.5. The van der Waals surface area contributed by atoms with Gasteiger partial charge in [-0.2, -0.15) is 4.72 Å². The van der Waals surface area contributed by atoms with Crippen LogP contribution in [0.25, 0.3) is 22.3 Å². The number of para-hydroxylation sites is 2. The standard InChI is InChI=1S/C27H28N4O3S/c1-4-19-14-15-20(25-17-28-22-12-8-9-13-23(22)29-25)16-24(19)30-27(32)26(18(2)3)31-35(33,34)21-10-6-5-7-11-21/h5-18,26,31H,4H2,1-3H3,(H,30,32)/t26-/m1/s1. The summed E-state index contributed by atoms with van der Waals surface area (Å²) < 4.78 is 28.3. The van der Waals surface area contributed by atoms with E-state index in [2.05, 4.69) is 15.0 Å². The summed E-state index contributed by atoms with van der Waals surface area (Å²) in [4.78, 5) is 22.6. The van der Waals surface area contributed by atoms with Gasteiger partial charge in [0, 0.05) is 11.3 Å². The Balaban J connectivity index is 1.62. The van der Waals surface area contributed by atoms with E-state index in [-0.39, 0.29) is 10.8 Å². The number of carbonyl (C=O) groups is 1. The van der Waals surface area contributed by atoms with Gasteiger partial charge in [0.2, 0.25) is 15.9 Å². The van der Waals surface area contributed by atoms with Gasteiger partial charge in [0.15, 0.2) is 0 Å². The lowest BCUT2D eigenvalue weighted by Gasteiger charge is -2.22. The van der Waals surface area contributed by atoms with Gasteiger partial charge in [0.05, 0.1) is 27.8 Å². The topological polar surface area (TPSA) is 101 Å². The number of sulfonamides is 1. The van der Waals surface area contributed by atoms with Crippen LogP contribution in [0.3, 0.4) is 0 Å². The van der Waals surface area contributed by atoms with E-state index in [1.807, 2.05) is 49.4 Å². The molecule has 0 bridgehead atoms. The molecule has 180 valence electrons. The molecule has 0 aliphatic rings. The van der Waals surface area contributed by atoms with Crippen molar-refractivity contribution < 1.29 is 13.2 Å². The fourth-order valence-corrected chi connectivity index (χ4v) is 5.16. The summed E-state index contributed by atoms with van der Waals surface area (Å²) in [6.07, 6.45) is 2.40. The number of nitrogens with one attached hydrogen (secondary N) is 2. The highest BCUT2D eigenvalue weighted by molar-refractivity contribution is 7.89. The lowest BCUT2D eigenvalue weighted by Crippen LogP contribution is -2.47. The molecule has 1 amide bonds. The fraction of sp³-hybridized carbons (Fsp3) is 0.222. The lowest BCUT2D eigenvalue weighted by atomic mass is 10.0. The highest BCUT2D eigenvalue weighted by atomic mass is 32.2. The van der Waals surface area contributed by atoms with Gasteiger partial charge in [0.25, 0.3) is 0 Å². The normalized spacial score (nSPS) is 12.6. The Morgan fingerprint density at radius 3 is 2.31 bits per heavy atom. The molecule has 0 spiro atoms. The third-order valence-corrected chi connectivity index (χ3v) is 7.23. The maximum Gasteiger partial charge on any atom is 0.242 e. The SMILES string of the molecule is CCc1ccc(-c2cnc3ccccc3n2)cc1NC(=O)[C@H](NS(=O)(=O)c1ccccc1)C(C)C. The second-order valence-corrected chi connectivity index (χ2v) is 10.3. The highest BCUT2D eigenvalue weighted by Crippen LogP contribution is 2.26. The van der Waals surface area contributed by atoms with Crippen LogP contribution in [0, 0.1) is 5.92 Å². The molecule has 8 heteroatoms. The number of nitrogens with zero attached hydrogens (tertiary/aromatic N) is 2. The molecule has 0 fully saturated rings. The molecular weight excluding hydrogens is 460 g/mol. The molecule has 7 nitrogen and oxygen atoms in total. The third-order valence-electron chi connectivity index (χ3n) is 5.78. The molecule has 2 N–H and O–H groups in total. The van der Waals surface area contributed by atoms with E-state index in [0.717, 1.165) is 22.2 Å². The van der Waals surface area contributed by atoms with E-state index < -0.39 is 22.0 Å². The van der Waals surface area contributed by atoms with Gasteiger partial charge in [-0.1, -0.05) is 63.2 Å². The van der Waals surface area contributed by atoms with Gasteiger partial charge >= 0.3 is 0 Å². The largest absolute Gasteiger partial charge is 0.324 e. The zero-order valence-electron chi connectivity index (χ0n) is 19.9. The van der Waals surface area contributed by atoms with Crippen LogP contribution in [-0.4, -0.2) is 30.3 Å². The molecule has 3 aromatic carbocycles. The van der Waals surface area contributed by atoms with E-state index >= 15 is 0 Å². The molecule has 0 radical (unpaired) electrons. The van der Waals surface area contributed by atoms with Crippen molar-refractivity contribution in [3.63, 3.8) is 0 Å². The summed E-state index contributed by atoms with van der Waals surface area (Å²) in [5, 5.41) is 2.95. The van der Waals surface area contributed by atoms with E-state index in [1.54, 1.807) is 38.2 Å². The van der Waals surface area contributed by atoms with E-state index in [0.29, 0.717) is 17.8 Å². The Morgan fingerprint density at radius 1 is 0.943 bits per heavy atom. The molecule has 1 atom stereocenters. The van der Waals surface area contributed by atoms with Crippen LogP contribution in [0.15, 0.2) is 83.9 Å². The number of rotatable bonds is 8. The van der Waals surface area contributed by atoms with Crippen LogP contribution in [0.5, 0.6) is 0 Å². The van der Waals surface area contributed by atoms with Crippen LogP contribution >= 0.6 is 0 Å². The maximum atomic E-state index is 13.3.